The van der Waals surface area contributed by atoms with E-state index in [1.54, 1.807) is 0 Å². The van der Waals surface area contributed by atoms with Gasteiger partial charge in [-0.25, -0.2) is 0 Å². The highest BCUT2D eigenvalue weighted by Crippen LogP contribution is 2.15. The minimum Gasteiger partial charge on any atom is -0.364 e. The largest absolute Gasteiger partial charge is 0.364 e. The molecule has 122 valence electrons. The lowest BCUT2D eigenvalue weighted by molar-refractivity contribution is -0.132. The van der Waals surface area contributed by atoms with Gasteiger partial charge in [0.05, 0.1) is 6.61 Å². The van der Waals surface area contributed by atoms with Gasteiger partial charge < -0.3 is 10.1 Å². The number of likely N-dealkylation sites (tertiary alicyclic amines) is 1. The van der Waals surface area contributed by atoms with E-state index in [-0.39, 0.29) is 5.91 Å². The molecule has 1 aromatic carbocycles. The molecule has 0 aromatic heterocycles. The van der Waals surface area contributed by atoms with Gasteiger partial charge >= 0.3 is 0 Å². The molecular weight excluding hydrogens is 276 g/mol. The van der Waals surface area contributed by atoms with Crippen LogP contribution in [0.25, 0.3) is 0 Å². The lowest BCUT2D eigenvalue weighted by Gasteiger charge is -2.33. The number of hydrogen-bond acceptors (Lipinski definition) is 3. The minimum absolute atomic E-state index is 0.0272. The molecule has 4 nitrogen and oxygen atoms in total. The van der Waals surface area contributed by atoms with Crippen molar-refractivity contribution in [1.29, 1.82) is 0 Å². The van der Waals surface area contributed by atoms with Crippen LogP contribution in [0.2, 0.25) is 0 Å². The van der Waals surface area contributed by atoms with Gasteiger partial charge in [0.2, 0.25) is 5.91 Å². The lowest BCUT2D eigenvalue weighted by atomic mass is 10.0. The van der Waals surface area contributed by atoms with Gasteiger partial charge in [0.25, 0.3) is 0 Å². The highest BCUT2D eigenvalue weighted by Gasteiger charge is 2.18. The van der Waals surface area contributed by atoms with Crippen molar-refractivity contribution in [3.63, 3.8) is 0 Å². The van der Waals surface area contributed by atoms with Crippen molar-refractivity contribution in [2.24, 2.45) is 0 Å². The zero-order chi connectivity index (χ0) is 15.8. The number of carbonyl (C=O) groups excluding carboxylic acids is 1. The Morgan fingerprint density at radius 2 is 2.14 bits per heavy atom. The van der Waals surface area contributed by atoms with Crippen LogP contribution < -0.4 is 5.32 Å². The van der Waals surface area contributed by atoms with E-state index in [2.05, 4.69) is 17.1 Å². The first kappa shape index (κ1) is 17.0. The van der Waals surface area contributed by atoms with E-state index in [0.29, 0.717) is 19.2 Å². The van der Waals surface area contributed by atoms with Gasteiger partial charge in [-0.1, -0.05) is 36.8 Å². The molecule has 22 heavy (non-hydrogen) atoms. The monoisotopic (exact) mass is 304 g/mol. The molecule has 1 N–H and O–H groups in total. The van der Waals surface area contributed by atoms with Crippen LogP contribution in [-0.2, 0) is 16.1 Å². The lowest BCUT2D eigenvalue weighted by Crippen LogP contribution is -2.44. The van der Waals surface area contributed by atoms with Crippen LogP contribution in [0, 0.1) is 0 Å². The maximum atomic E-state index is 12.0. The molecule has 1 heterocycles. The molecule has 4 heteroatoms. The Kier molecular flexibility index (Phi) is 6.87. The van der Waals surface area contributed by atoms with Crippen LogP contribution in [0.5, 0.6) is 0 Å². The van der Waals surface area contributed by atoms with Crippen LogP contribution in [0.15, 0.2) is 30.3 Å². The summed E-state index contributed by atoms with van der Waals surface area (Å²) in [4.78, 5) is 14.5. The Morgan fingerprint density at radius 3 is 2.86 bits per heavy atom. The van der Waals surface area contributed by atoms with Gasteiger partial charge in [-0.15, -0.1) is 0 Å². The van der Waals surface area contributed by atoms with Gasteiger partial charge in [0.15, 0.2) is 0 Å². The summed E-state index contributed by atoms with van der Waals surface area (Å²) < 4.78 is 5.63. The summed E-state index contributed by atoms with van der Waals surface area (Å²) in [6.45, 7) is 7.32. The van der Waals surface area contributed by atoms with Gasteiger partial charge in [0, 0.05) is 19.1 Å². The summed E-state index contributed by atoms with van der Waals surface area (Å²) >= 11 is 0. The second kappa shape index (κ2) is 8.91. The molecule has 0 unspecified atom stereocenters. The molecule has 0 bridgehead atoms. The molecular formula is C18H28N2O2. The van der Waals surface area contributed by atoms with Crippen molar-refractivity contribution in [3.8, 4) is 0 Å². The molecule has 0 spiro atoms. The molecule has 0 radical (unpaired) electrons. The molecule has 0 saturated carbocycles. The minimum atomic E-state index is -0.418. The van der Waals surface area contributed by atoms with E-state index in [0.717, 1.165) is 18.7 Å². The Balaban J connectivity index is 1.63. The number of nitrogens with one attached hydrogen (secondary N) is 1. The van der Waals surface area contributed by atoms with Crippen LogP contribution in [-0.4, -0.2) is 42.6 Å². The van der Waals surface area contributed by atoms with Crippen LogP contribution in [0.3, 0.4) is 0 Å². The van der Waals surface area contributed by atoms with Gasteiger partial charge in [-0.2, -0.15) is 0 Å². The first-order valence-electron chi connectivity index (χ1n) is 8.34. The number of rotatable bonds is 7. The van der Waals surface area contributed by atoms with Crippen molar-refractivity contribution >= 4 is 5.91 Å². The molecule has 1 fully saturated rings. The van der Waals surface area contributed by atoms with Gasteiger partial charge in [-0.3, -0.25) is 9.69 Å². The predicted octanol–water partition coefficient (Wildman–Crippen LogP) is 2.58. The summed E-state index contributed by atoms with van der Waals surface area (Å²) in [5.41, 5.74) is 1.09. The van der Waals surface area contributed by atoms with Gasteiger partial charge in [0.1, 0.15) is 6.10 Å². The van der Waals surface area contributed by atoms with Crippen molar-refractivity contribution in [1.82, 2.24) is 10.2 Å². The highest BCUT2D eigenvalue weighted by atomic mass is 16.5. The van der Waals surface area contributed by atoms with Crippen molar-refractivity contribution in [3.05, 3.63) is 35.9 Å². The molecule has 2 atom stereocenters. The van der Waals surface area contributed by atoms with E-state index >= 15 is 0 Å². The predicted molar refractivity (Wildman–Crippen MR) is 88.6 cm³/mol. The fourth-order valence-corrected chi connectivity index (χ4v) is 2.83. The van der Waals surface area contributed by atoms with Crippen molar-refractivity contribution in [2.75, 3.05) is 19.6 Å². The number of piperidine rings is 1. The summed E-state index contributed by atoms with van der Waals surface area (Å²) in [6.07, 6.45) is 3.45. The molecule has 1 aromatic rings. The van der Waals surface area contributed by atoms with Crippen molar-refractivity contribution in [2.45, 2.75) is 51.9 Å². The summed E-state index contributed by atoms with van der Waals surface area (Å²) in [7, 11) is 0. The number of ether oxygens (including phenoxy) is 1. The van der Waals surface area contributed by atoms with Gasteiger partial charge in [-0.05, 0) is 38.8 Å². The standard InChI is InChI=1S/C18H28N2O2/c1-15-8-6-7-12-20(15)13-11-19-18(21)16(2)22-14-17-9-4-3-5-10-17/h3-5,9-10,15-16H,6-8,11-14H2,1-2H3,(H,19,21)/t15-,16-/m1/s1. The summed E-state index contributed by atoms with van der Waals surface area (Å²) in [6, 6.07) is 10.6. The normalized spacial score (nSPS) is 20.5. The van der Waals surface area contributed by atoms with Crippen molar-refractivity contribution < 1.29 is 9.53 Å². The zero-order valence-corrected chi connectivity index (χ0v) is 13.8. The number of amides is 1. The van der Waals surface area contributed by atoms with Crippen LogP contribution in [0.1, 0.15) is 38.7 Å². The second-order valence-electron chi connectivity index (χ2n) is 6.11. The number of benzene rings is 1. The molecule has 1 aliphatic heterocycles. The number of nitrogens with zero attached hydrogens (tertiary/aromatic N) is 1. The van der Waals surface area contributed by atoms with E-state index in [4.69, 9.17) is 4.74 Å². The fraction of sp³-hybridized carbons (Fsp3) is 0.611. The third-order valence-corrected chi connectivity index (χ3v) is 4.35. The highest BCUT2D eigenvalue weighted by molar-refractivity contribution is 5.80. The SMILES string of the molecule is C[C@@H]1CCCCN1CCNC(=O)[C@@H](C)OCc1ccccc1. The maximum absolute atomic E-state index is 12.0. The molecule has 1 saturated heterocycles. The smallest absolute Gasteiger partial charge is 0.248 e. The third-order valence-electron chi connectivity index (χ3n) is 4.35. The average molecular weight is 304 g/mol. The summed E-state index contributed by atoms with van der Waals surface area (Å²) in [5.74, 6) is -0.0272. The number of carbonyl (C=O) groups is 1. The first-order valence-corrected chi connectivity index (χ1v) is 8.34. The molecule has 1 aliphatic rings. The fourth-order valence-electron chi connectivity index (χ4n) is 2.83. The van der Waals surface area contributed by atoms with E-state index in [9.17, 15) is 4.79 Å². The quantitative estimate of drug-likeness (QED) is 0.842. The first-order chi connectivity index (χ1) is 10.7. The maximum Gasteiger partial charge on any atom is 0.248 e. The Bertz CT molecular complexity index is 450. The number of hydrogen-bond donors (Lipinski definition) is 1. The van der Waals surface area contributed by atoms with Crippen LogP contribution >= 0.6 is 0 Å². The Morgan fingerprint density at radius 1 is 1.36 bits per heavy atom. The second-order valence-corrected chi connectivity index (χ2v) is 6.11. The topological polar surface area (TPSA) is 41.6 Å². The molecule has 0 aliphatic carbocycles. The Hall–Kier alpha value is -1.39. The molecule has 1 amide bonds. The zero-order valence-electron chi connectivity index (χ0n) is 13.8. The summed E-state index contributed by atoms with van der Waals surface area (Å²) in [5, 5.41) is 2.98. The van der Waals surface area contributed by atoms with E-state index in [1.807, 2.05) is 37.3 Å². The third kappa shape index (κ3) is 5.43. The Labute approximate surface area is 133 Å². The van der Waals surface area contributed by atoms with E-state index in [1.165, 1.54) is 19.3 Å². The molecule has 2 rings (SSSR count). The van der Waals surface area contributed by atoms with E-state index < -0.39 is 6.10 Å². The van der Waals surface area contributed by atoms with Crippen LogP contribution in [0.4, 0.5) is 0 Å². The average Bonchev–Trinajstić information content (AvgIpc) is 2.55.